The molecule has 0 aromatic carbocycles. The fraction of sp³-hybridized carbons (Fsp3) is 0. The third-order valence-electron chi connectivity index (χ3n) is 2.01. The van der Waals surface area contributed by atoms with Crippen LogP contribution < -0.4 is 0 Å². The van der Waals surface area contributed by atoms with E-state index in [4.69, 9.17) is 21.8 Å². The summed E-state index contributed by atoms with van der Waals surface area (Å²) < 4.78 is 1.08. The quantitative estimate of drug-likeness (QED) is 0.774. The van der Waals surface area contributed by atoms with Crippen molar-refractivity contribution in [1.82, 2.24) is 9.38 Å². The second kappa shape index (κ2) is 3.49. The number of carboxylic acid groups (broad SMARTS) is 2. The van der Waals surface area contributed by atoms with E-state index in [9.17, 15) is 9.59 Å². The smallest absolute Gasteiger partial charge is 0.372 e. The number of carbonyl (C=O) groups is 2. The Hall–Kier alpha value is -2.08. The van der Waals surface area contributed by atoms with Gasteiger partial charge >= 0.3 is 11.9 Å². The molecule has 82 valence electrons. The van der Waals surface area contributed by atoms with Crippen LogP contribution in [0.25, 0.3) is 5.52 Å². The van der Waals surface area contributed by atoms with Crippen LogP contribution in [-0.2, 0) is 0 Å². The van der Waals surface area contributed by atoms with Gasteiger partial charge in [0, 0.05) is 0 Å². The summed E-state index contributed by atoms with van der Waals surface area (Å²) in [6.07, 6.45) is 0. The minimum Gasteiger partial charge on any atom is -0.476 e. The summed E-state index contributed by atoms with van der Waals surface area (Å²) in [7, 11) is 0. The van der Waals surface area contributed by atoms with Crippen molar-refractivity contribution in [3.05, 3.63) is 34.9 Å². The van der Waals surface area contributed by atoms with E-state index in [1.54, 1.807) is 0 Å². The summed E-state index contributed by atoms with van der Waals surface area (Å²) in [5, 5.41) is 17.8. The van der Waals surface area contributed by atoms with E-state index in [1.165, 1.54) is 18.2 Å². The van der Waals surface area contributed by atoms with Gasteiger partial charge in [-0.25, -0.2) is 14.6 Å². The molecule has 0 amide bonds. The molecular formula is C9H5ClN2O4. The minimum absolute atomic E-state index is 0.0925. The fourth-order valence-electron chi connectivity index (χ4n) is 1.40. The molecule has 0 atom stereocenters. The van der Waals surface area contributed by atoms with Crippen molar-refractivity contribution in [2.75, 3.05) is 0 Å². The summed E-state index contributed by atoms with van der Waals surface area (Å²) >= 11 is 5.79. The Morgan fingerprint density at radius 1 is 1.25 bits per heavy atom. The molecule has 2 aromatic rings. The maximum atomic E-state index is 10.9. The summed E-state index contributed by atoms with van der Waals surface area (Å²) in [5.41, 5.74) is -0.183. The Kier molecular flexibility index (Phi) is 2.28. The van der Waals surface area contributed by atoms with Crippen LogP contribution in [0.2, 0.25) is 5.15 Å². The van der Waals surface area contributed by atoms with Crippen LogP contribution in [0, 0.1) is 0 Å². The summed E-state index contributed by atoms with van der Waals surface area (Å²) in [5.74, 6) is -3.05. The Balaban J connectivity index is 2.93. The second-order valence-corrected chi connectivity index (χ2v) is 3.35. The number of rotatable bonds is 2. The van der Waals surface area contributed by atoms with Crippen LogP contribution in [0.4, 0.5) is 0 Å². The molecule has 0 aliphatic rings. The van der Waals surface area contributed by atoms with E-state index in [1.807, 2.05) is 0 Å². The Bertz CT molecular complexity index is 605. The van der Waals surface area contributed by atoms with Crippen LogP contribution in [0.5, 0.6) is 0 Å². The van der Waals surface area contributed by atoms with Gasteiger partial charge in [0.25, 0.3) is 0 Å². The van der Waals surface area contributed by atoms with E-state index < -0.39 is 17.8 Å². The maximum Gasteiger partial charge on any atom is 0.372 e. The lowest BCUT2D eigenvalue weighted by Gasteiger charge is -1.98. The van der Waals surface area contributed by atoms with Crippen LogP contribution in [0.15, 0.2) is 18.2 Å². The van der Waals surface area contributed by atoms with Crippen molar-refractivity contribution in [3.63, 3.8) is 0 Å². The molecule has 0 unspecified atom stereocenters. The van der Waals surface area contributed by atoms with Crippen LogP contribution in [-0.4, -0.2) is 31.5 Å². The zero-order valence-corrected chi connectivity index (χ0v) is 8.47. The molecule has 0 spiro atoms. The number of aromatic nitrogens is 2. The first kappa shape index (κ1) is 10.4. The van der Waals surface area contributed by atoms with E-state index in [0.717, 1.165) is 4.40 Å². The van der Waals surface area contributed by atoms with Crippen molar-refractivity contribution >= 4 is 29.1 Å². The Morgan fingerprint density at radius 2 is 1.94 bits per heavy atom. The van der Waals surface area contributed by atoms with Gasteiger partial charge < -0.3 is 10.2 Å². The highest BCUT2D eigenvalue weighted by Gasteiger charge is 2.21. The SMILES string of the molecule is O=C(O)c1nc(C(=O)O)n2c(Cl)cccc12. The molecule has 0 aliphatic heterocycles. The molecule has 0 saturated carbocycles. The number of nitrogens with zero attached hydrogens (tertiary/aromatic N) is 2. The molecule has 0 fully saturated rings. The first-order valence-electron chi connectivity index (χ1n) is 4.16. The standard InChI is InChI=1S/C9H5ClN2O4/c10-5-3-1-2-4-6(8(13)14)11-7(9(15)16)12(4)5/h1-3H,(H,13,14)(H,15,16). The number of halogens is 1. The second-order valence-electron chi connectivity index (χ2n) is 2.96. The van der Waals surface area contributed by atoms with Crippen molar-refractivity contribution < 1.29 is 19.8 Å². The van der Waals surface area contributed by atoms with Crippen molar-refractivity contribution in [3.8, 4) is 0 Å². The molecule has 2 rings (SSSR count). The van der Waals surface area contributed by atoms with E-state index in [2.05, 4.69) is 4.98 Å². The van der Waals surface area contributed by atoms with Gasteiger partial charge in [-0.05, 0) is 12.1 Å². The van der Waals surface area contributed by atoms with E-state index >= 15 is 0 Å². The Labute approximate surface area is 93.7 Å². The molecule has 2 N–H and O–H groups in total. The lowest BCUT2D eigenvalue weighted by molar-refractivity contribution is 0.0682. The topological polar surface area (TPSA) is 91.9 Å². The van der Waals surface area contributed by atoms with Crippen molar-refractivity contribution in [2.45, 2.75) is 0 Å². The molecule has 0 radical (unpaired) electrons. The molecule has 0 aliphatic carbocycles. The number of fused-ring (bicyclic) bond motifs is 1. The molecule has 7 heteroatoms. The number of hydrogen-bond donors (Lipinski definition) is 2. The largest absolute Gasteiger partial charge is 0.476 e. The summed E-state index contributed by atoms with van der Waals surface area (Å²) in [6, 6.07) is 4.42. The van der Waals surface area contributed by atoms with Crippen molar-refractivity contribution in [1.29, 1.82) is 0 Å². The number of hydrogen-bond acceptors (Lipinski definition) is 3. The minimum atomic E-state index is -1.34. The van der Waals surface area contributed by atoms with Gasteiger partial charge in [-0.3, -0.25) is 4.40 Å². The van der Waals surface area contributed by atoms with E-state index in [0.29, 0.717) is 0 Å². The van der Waals surface area contributed by atoms with Gasteiger partial charge in [-0.15, -0.1) is 0 Å². The predicted molar refractivity (Wildman–Crippen MR) is 54.1 cm³/mol. The van der Waals surface area contributed by atoms with Gasteiger partial charge in [0.15, 0.2) is 5.69 Å². The van der Waals surface area contributed by atoms with Gasteiger partial charge in [-0.1, -0.05) is 17.7 Å². The number of carboxylic acids is 2. The lowest BCUT2D eigenvalue weighted by atomic mass is 10.3. The zero-order valence-electron chi connectivity index (χ0n) is 7.72. The fourth-order valence-corrected chi connectivity index (χ4v) is 1.64. The monoisotopic (exact) mass is 240 g/mol. The zero-order chi connectivity index (χ0) is 11.9. The highest BCUT2D eigenvalue weighted by atomic mass is 35.5. The number of imidazole rings is 1. The number of aromatic carboxylic acids is 2. The highest BCUT2D eigenvalue weighted by molar-refractivity contribution is 6.30. The number of pyridine rings is 1. The molecule has 16 heavy (non-hydrogen) atoms. The average Bonchev–Trinajstić information content (AvgIpc) is 2.58. The summed E-state index contributed by atoms with van der Waals surface area (Å²) in [6.45, 7) is 0. The molecule has 6 nitrogen and oxygen atoms in total. The molecular weight excluding hydrogens is 236 g/mol. The van der Waals surface area contributed by atoms with Gasteiger partial charge in [-0.2, -0.15) is 0 Å². The predicted octanol–water partition coefficient (Wildman–Crippen LogP) is 1.38. The van der Waals surface area contributed by atoms with Crippen LogP contribution in [0.1, 0.15) is 21.1 Å². The van der Waals surface area contributed by atoms with Crippen LogP contribution in [0.3, 0.4) is 0 Å². The first-order chi connectivity index (χ1) is 7.52. The summed E-state index contributed by atoms with van der Waals surface area (Å²) in [4.78, 5) is 25.2. The van der Waals surface area contributed by atoms with Crippen LogP contribution >= 0.6 is 11.6 Å². The van der Waals surface area contributed by atoms with Crippen molar-refractivity contribution in [2.24, 2.45) is 0 Å². The molecule has 0 bridgehead atoms. The molecule has 2 aromatic heterocycles. The maximum absolute atomic E-state index is 10.9. The highest BCUT2D eigenvalue weighted by Crippen LogP contribution is 2.19. The third-order valence-corrected chi connectivity index (χ3v) is 2.30. The third kappa shape index (κ3) is 1.40. The van der Waals surface area contributed by atoms with Gasteiger partial charge in [0.2, 0.25) is 5.82 Å². The lowest BCUT2D eigenvalue weighted by Crippen LogP contribution is -2.04. The molecule has 2 heterocycles. The Morgan fingerprint density at radius 3 is 2.50 bits per heavy atom. The normalized spacial score (nSPS) is 10.6. The average molecular weight is 241 g/mol. The van der Waals surface area contributed by atoms with Gasteiger partial charge in [0.05, 0.1) is 5.52 Å². The van der Waals surface area contributed by atoms with Gasteiger partial charge in [0.1, 0.15) is 5.15 Å². The molecule has 0 saturated heterocycles. The van der Waals surface area contributed by atoms with E-state index in [-0.39, 0.29) is 16.4 Å². The first-order valence-corrected chi connectivity index (χ1v) is 4.53.